The molecule has 2 aromatic rings. The summed E-state index contributed by atoms with van der Waals surface area (Å²) in [5.41, 5.74) is 1.25. The fourth-order valence-electron chi connectivity index (χ4n) is 3.16. The number of pyridine rings is 1. The summed E-state index contributed by atoms with van der Waals surface area (Å²) in [6, 6.07) is 6.07. The van der Waals surface area contributed by atoms with Crippen molar-refractivity contribution in [3.63, 3.8) is 0 Å². The third-order valence-electron chi connectivity index (χ3n) is 4.37. The number of aromatic nitrogens is 1. The van der Waals surface area contributed by atoms with E-state index in [0.717, 1.165) is 30.8 Å². The molecular formula is C17H21N3O3. The molecule has 0 saturated carbocycles. The van der Waals surface area contributed by atoms with Crippen molar-refractivity contribution < 1.29 is 9.90 Å². The number of nitrogens with zero attached hydrogens (tertiary/aromatic N) is 2. The zero-order valence-corrected chi connectivity index (χ0v) is 13.4. The molecule has 1 saturated heterocycles. The van der Waals surface area contributed by atoms with Gasteiger partial charge in [0, 0.05) is 49.5 Å². The number of hydrogen-bond donors (Lipinski definition) is 2. The second-order valence-electron chi connectivity index (χ2n) is 5.97. The zero-order valence-electron chi connectivity index (χ0n) is 13.4. The van der Waals surface area contributed by atoms with Crippen LogP contribution in [0.2, 0.25) is 0 Å². The summed E-state index contributed by atoms with van der Waals surface area (Å²) < 4.78 is 1.83. The van der Waals surface area contributed by atoms with Crippen molar-refractivity contribution >= 4 is 22.6 Å². The predicted octanol–water partition coefficient (Wildman–Crippen LogP) is 1.52. The summed E-state index contributed by atoms with van der Waals surface area (Å²) in [5.74, 6) is -1.18. The van der Waals surface area contributed by atoms with E-state index in [1.807, 2.05) is 23.6 Å². The lowest BCUT2D eigenvalue weighted by molar-refractivity contribution is 0.0695. The molecule has 1 unspecified atom stereocenters. The Morgan fingerprint density at radius 1 is 1.43 bits per heavy atom. The zero-order chi connectivity index (χ0) is 16.6. The van der Waals surface area contributed by atoms with Gasteiger partial charge < -0.3 is 19.9 Å². The third kappa shape index (κ3) is 2.82. The molecule has 1 aromatic heterocycles. The van der Waals surface area contributed by atoms with Gasteiger partial charge in [-0.05, 0) is 32.0 Å². The van der Waals surface area contributed by atoms with Crippen molar-refractivity contribution in [2.75, 3.05) is 24.5 Å². The Hall–Kier alpha value is -2.34. The Kier molecular flexibility index (Phi) is 4.09. The highest BCUT2D eigenvalue weighted by Crippen LogP contribution is 2.22. The van der Waals surface area contributed by atoms with E-state index in [9.17, 15) is 14.7 Å². The van der Waals surface area contributed by atoms with E-state index in [1.165, 1.54) is 6.20 Å². The smallest absolute Gasteiger partial charge is 0.341 e. The van der Waals surface area contributed by atoms with E-state index in [2.05, 4.69) is 17.1 Å². The predicted molar refractivity (Wildman–Crippen MR) is 90.5 cm³/mol. The number of benzene rings is 1. The van der Waals surface area contributed by atoms with Crippen LogP contribution in [0, 0.1) is 0 Å². The molecular weight excluding hydrogens is 294 g/mol. The van der Waals surface area contributed by atoms with E-state index in [1.54, 1.807) is 6.07 Å². The molecule has 1 aliphatic rings. The molecule has 2 N–H and O–H groups in total. The van der Waals surface area contributed by atoms with Crippen LogP contribution in [-0.4, -0.2) is 41.3 Å². The van der Waals surface area contributed by atoms with Gasteiger partial charge in [0.05, 0.1) is 5.52 Å². The molecule has 1 aliphatic heterocycles. The fourth-order valence-corrected chi connectivity index (χ4v) is 3.16. The minimum atomic E-state index is -1.18. The molecule has 0 bridgehead atoms. The first-order chi connectivity index (χ1) is 11.0. The molecule has 0 spiro atoms. The Morgan fingerprint density at radius 3 is 2.87 bits per heavy atom. The van der Waals surface area contributed by atoms with E-state index in [0.29, 0.717) is 18.0 Å². The number of anilines is 1. The molecule has 2 heterocycles. The first-order valence-electron chi connectivity index (χ1n) is 7.90. The molecule has 122 valence electrons. The highest BCUT2D eigenvalue weighted by atomic mass is 16.4. The number of carboxylic acids is 1. The molecule has 0 aliphatic carbocycles. The van der Waals surface area contributed by atoms with Gasteiger partial charge in [0.15, 0.2) is 0 Å². The van der Waals surface area contributed by atoms with E-state index >= 15 is 0 Å². The van der Waals surface area contributed by atoms with Crippen LogP contribution in [0.3, 0.4) is 0 Å². The quantitative estimate of drug-likeness (QED) is 0.898. The topological polar surface area (TPSA) is 74.6 Å². The van der Waals surface area contributed by atoms with Crippen LogP contribution in [-0.2, 0) is 6.54 Å². The van der Waals surface area contributed by atoms with Gasteiger partial charge in [-0.25, -0.2) is 4.79 Å². The van der Waals surface area contributed by atoms with Crippen molar-refractivity contribution in [1.29, 1.82) is 0 Å². The van der Waals surface area contributed by atoms with E-state index in [-0.39, 0.29) is 5.56 Å². The number of rotatable bonds is 3. The molecule has 23 heavy (non-hydrogen) atoms. The average molecular weight is 315 g/mol. The van der Waals surface area contributed by atoms with Gasteiger partial charge in [0.2, 0.25) is 5.43 Å². The molecule has 1 atom stereocenters. The van der Waals surface area contributed by atoms with Crippen LogP contribution < -0.4 is 15.6 Å². The normalized spacial score (nSPS) is 18.3. The standard InChI is InChI=1S/C17H21N3O3/c1-3-19-10-14(17(22)23)16(21)13-5-4-12(8-15(13)19)20-7-6-18-11(2)9-20/h4-5,8,10-11,18H,3,6-7,9H2,1-2H3,(H,22,23). The van der Waals surface area contributed by atoms with Crippen LogP contribution in [0.25, 0.3) is 10.9 Å². The van der Waals surface area contributed by atoms with Gasteiger partial charge in [-0.3, -0.25) is 4.79 Å². The molecule has 6 nitrogen and oxygen atoms in total. The number of aryl methyl sites for hydroxylation is 1. The van der Waals surface area contributed by atoms with Gasteiger partial charge in [0.25, 0.3) is 0 Å². The van der Waals surface area contributed by atoms with Gasteiger partial charge >= 0.3 is 5.97 Å². The van der Waals surface area contributed by atoms with Crippen LogP contribution in [0.1, 0.15) is 24.2 Å². The number of fused-ring (bicyclic) bond motifs is 1. The van der Waals surface area contributed by atoms with E-state index < -0.39 is 11.4 Å². The summed E-state index contributed by atoms with van der Waals surface area (Å²) in [7, 11) is 0. The van der Waals surface area contributed by atoms with Gasteiger partial charge in [-0.15, -0.1) is 0 Å². The lowest BCUT2D eigenvalue weighted by Crippen LogP contribution is -2.49. The molecule has 6 heteroatoms. The first kappa shape index (κ1) is 15.6. The van der Waals surface area contributed by atoms with Crippen LogP contribution in [0.15, 0.2) is 29.2 Å². The summed E-state index contributed by atoms with van der Waals surface area (Å²) in [6.07, 6.45) is 1.44. The molecule has 0 radical (unpaired) electrons. The molecule has 1 fully saturated rings. The number of carboxylic acid groups (broad SMARTS) is 1. The second-order valence-corrected chi connectivity index (χ2v) is 5.97. The number of carbonyl (C=O) groups is 1. The van der Waals surface area contributed by atoms with Crippen molar-refractivity contribution in [3.05, 3.63) is 40.2 Å². The van der Waals surface area contributed by atoms with Gasteiger partial charge in [0.1, 0.15) is 5.56 Å². The van der Waals surface area contributed by atoms with Crippen molar-refractivity contribution in [3.8, 4) is 0 Å². The van der Waals surface area contributed by atoms with Gasteiger partial charge in [-0.2, -0.15) is 0 Å². The first-order valence-corrected chi connectivity index (χ1v) is 7.90. The molecule has 0 amide bonds. The lowest BCUT2D eigenvalue weighted by atomic mass is 10.1. The number of piperazine rings is 1. The molecule has 1 aromatic carbocycles. The number of aromatic carboxylic acids is 1. The minimum Gasteiger partial charge on any atom is -0.477 e. The monoisotopic (exact) mass is 315 g/mol. The number of hydrogen-bond acceptors (Lipinski definition) is 4. The summed E-state index contributed by atoms with van der Waals surface area (Å²) >= 11 is 0. The third-order valence-corrected chi connectivity index (χ3v) is 4.37. The maximum absolute atomic E-state index is 12.4. The van der Waals surface area contributed by atoms with Gasteiger partial charge in [-0.1, -0.05) is 0 Å². The Balaban J connectivity index is 2.14. The highest BCUT2D eigenvalue weighted by molar-refractivity contribution is 5.93. The van der Waals surface area contributed by atoms with Crippen LogP contribution in [0.4, 0.5) is 5.69 Å². The lowest BCUT2D eigenvalue weighted by Gasteiger charge is -2.33. The number of nitrogens with one attached hydrogen (secondary N) is 1. The summed E-state index contributed by atoms with van der Waals surface area (Å²) in [4.78, 5) is 25.9. The summed E-state index contributed by atoms with van der Waals surface area (Å²) in [6.45, 7) is 7.45. The minimum absolute atomic E-state index is 0.178. The van der Waals surface area contributed by atoms with E-state index in [4.69, 9.17) is 0 Å². The van der Waals surface area contributed by atoms with Crippen molar-refractivity contribution in [2.45, 2.75) is 26.4 Å². The average Bonchev–Trinajstić information content (AvgIpc) is 2.54. The van der Waals surface area contributed by atoms with Crippen molar-refractivity contribution in [2.24, 2.45) is 0 Å². The Bertz CT molecular complexity index is 813. The fraction of sp³-hybridized carbons (Fsp3) is 0.412. The Labute approximate surface area is 134 Å². The molecule has 3 rings (SSSR count). The SMILES string of the molecule is CCn1cc(C(=O)O)c(=O)c2ccc(N3CCNC(C)C3)cc21. The summed E-state index contributed by atoms with van der Waals surface area (Å²) in [5, 5.41) is 13.1. The second kappa shape index (κ2) is 6.04. The van der Waals surface area contributed by atoms with Crippen molar-refractivity contribution in [1.82, 2.24) is 9.88 Å². The largest absolute Gasteiger partial charge is 0.477 e. The van der Waals surface area contributed by atoms with Crippen LogP contribution >= 0.6 is 0 Å². The maximum Gasteiger partial charge on any atom is 0.341 e. The Morgan fingerprint density at radius 2 is 2.22 bits per heavy atom. The highest BCUT2D eigenvalue weighted by Gasteiger charge is 2.18. The van der Waals surface area contributed by atoms with Crippen LogP contribution in [0.5, 0.6) is 0 Å². The maximum atomic E-state index is 12.4.